The SMILES string of the molecule is Ic1ccc2c(c1)c1ccccc1c1nnc(-c3ccc4c(c3)C3(c5ccccc5-c5ccccc53)c3ccccc3-4)n21. The van der Waals surface area contributed by atoms with Gasteiger partial charge in [0, 0.05) is 19.9 Å². The van der Waals surface area contributed by atoms with Crippen LogP contribution in [-0.4, -0.2) is 14.6 Å². The number of rotatable bonds is 1. The van der Waals surface area contributed by atoms with Crippen LogP contribution >= 0.6 is 22.6 Å². The predicted octanol–water partition coefficient (Wildman–Crippen LogP) is 9.65. The lowest BCUT2D eigenvalue weighted by Crippen LogP contribution is -2.25. The van der Waals surface area contributed by atoms with Gasteiger partial charge < -0.3 is 0 Å². The molecule has 200 valence electrons. The third-order valence-electron chi connectivity index (χ3n) is 9.58. The number of hydrogen-bond acceptors (Lipinski definition) is 2. The molecule has 3 nitrogen and oxygen atoms in total. The van der Waals surface area contributed by atoms with Crippen molar-refractivity contribution >= 4 is 49.9 Å². The number of aromatic nitrogens is 3. The molecule has 2 aliphatic carbocycles. The van der Waals surface area contributed by atoms with E-state index >= 15 is 0 Å². The summed E-state index contributed by atoms with van der Waals surface area (Å²) in [5.74, 6) is 0.862. The molecule has 0 amide bonds. The van der Waals surface area contributed by atoms with Crippen LogP contribution in [0.3, 0.4) is 0 Å². The molecular weight excluding hydrogens is 637 g/mol. The number of benzene rings is 6. The van der Waals surface area contributed by atoms with E-state index in [1.54, 1.807) is 0 Å². The predicted molar refractivity (Wildman–Crippen MR) is 182 cm³/mol. The van der Waals surface area contributed by atoms with E-state index in [-0.39, 0.29) is 5.41 Å². The molecule has 2 aliphatic rings. The van der Waals surface area contributed by atoms with E-state index in [1.165, 1.54) is 58.9 Å². The van der Waals surface area contributed by atoms with Crippen molar-refractivity contribution in [1.82, 2.24) is 14.6 Å². The highest BCUT2D eigenvalue weighted by Gasteiger charge is 2.51. The van der Waals surface area contributed by atoms with Crippen LogP contribution in [0.25, 0.3) is 61.0 Å². The maximum absolute atomic E-state index is 4.88. The van der Waals surface area contributed by atoms with Gasteiger partial charge in [0.15, 0.2) is 11.5 Å². The van der Waals surface area contributed by atoms with Crippen molar-refractivity contribution in [2.24, 2.45) is 0 Å². The molecule has 0 aliphatic heterocycles. The third-order valence-corrected chi connectivity index (χ3v) is 10.2. The van der Waals surface area contributed by atoms with E-state index in [0.29, 0.717) is 0 Å². The molecule has 10 rings (SSSR count). The summed E-state index contributed by atoms with van der Waals surface area (Å²) in [6.45, 7) is 0. The van der Waals surface area contributed by atoms with E-state index < -0.39 is 0 Å². The molecule has 0 saturated heterocycles. The van der Waals surface area contributed by atoms with Crippen molar-refractivity contribution in [1.29, 1.82) is 0 Å². The Kier molecular flexibility index (Phi) is 4.63. The lowest BCUT2D eigenvalue weighted by atomic mass is 9.70. The van der Waals surface area contributed by atoms with Gasteiger partial charge in [-0.3, -0.25) is 4.40 Å². The Labute approximate surface area is 261 Å². The fourth-order valence-electron chi connectivity index (χ4n) is 7.94. The van der Waals surface area contributed by atoms with Gasteiger partial charge in [0.1, 0.15) is 0 Å². The second-order valence-corrected chi connectivity index (χ2v) is 12.8. The largest absolute Gasteiger partial charge is 0.274 e. The first-order chi connectivity index (χ1) is 21.2. The smallest absolute Gasteiger partial charge is 0.169 e. The Balaban J connectivity index is 1.32. The molecule has 0 atom stereocenters. The molecule has 0 bridgehead atoms. The Morgan fingerprint density at radius 2 is 1.07 bits per heavy atom. The van der Waals surface area contributed by atoms with Crippen LogP contribution in [0.4, 0.5) is 0 Å². The van der Waals surface area contributed by atoms with Gasteiger partial charge in [-0.05, 0) is 96.8 Å². The van der Waals surface area contributed by atoms with Gasteiger partial charge >= 0.3 is 0 Å². The fourth-order valence-corrected chi connectivity index (χ4v) is 8.43. The van der Waals surface area contributed by atoms with E-state index in [4.69, 9.17) is 10.2 Å². The minimum Gasteiger partial charge on any atom is -0.274 e. The van der Waals surface area contributed by atoms with Crippen molar-refractivity contribution in [2.75, 3.05) is 0 Å². The molecule has 8 aromatic rings. The molecule has 0 unspecified atom stereocenters. The number of nitrogens with zero attached hydrogens (tertiary/aromatic N) is 3. The summed E-state index contributed by atoms with van der Waals surface area (Å²) in [7, 11) is 0. The van der Waals surface area contributed by atoms with E-state index in [2.05, 4.69) is 160 Å². The zero-order chi connectivity index (χ0) is 28.3. The van der Waals surface area contributed by atoms with Crippen LogP contribution in [0.2, 0.25) is 0 Å². The normalized spacial score (nSPS) is 13.9. The lowest BCUT2D eigenvalue weighted by Gasteiger charge is -2.30. The van der Waals surface area contributed by atoms with Gasteiger partial charge in [0.2, 0.25) is 0 Å². The monoisotopic (exact) mass is 659 g/mol. The van der Waals surface area contributed by atoms with E-state index in [9.17, 15) is 0 Å². The molecule has 0 fully saturated rings. The average Bonchev–Trinajstić information content (AvgIpc) is 3.72. The number of fused-ring (bicyclic) bond motifs is 16. The van der Waals surface area contributed by atoms with Crippen LogP contribution in [0.15, 0.2) is 133 Å². The Hall–Kier alpha value is -4.81. The summed E-state index contributed by atoms with van der Waals surface area (Å²) in [5, 5.41) is 13.2. The number of pyridine rings is 1. The second-order valence-electron chi connectivity index (χ2n) is 11.5. The standard InChI is InChI=1S/C39H22IN3/c40-24-18-20-36-31(22-24)25-9-1-2-13-30(25)38-42-41-37(43(36)38)23-17-19-29-28-12-5-8-16-34(28)39(35(29)21-23)32-14-6-3-10-26(32)27-11-4-7-15-33(27)39/h1-22H. The summed E-state index contributed by atoms with van der Waals surface area (Å²) >= 11 is 2.40. The maximum Gasteiger partial charge on any atom is 0.169 e. The molecule has 4 heteroatoms. The summed E-state index contributed by atoms with van der Waals surface area (Å²) in [6, 6.07) is 48.9. The molecule has 2 aromatic heterocycles. The third kappa shape index (κ3) is 2.89. The van der Waals surface area contributed by atoms with Crippen LogP contribution in [-0.2, 0) is 5.41 Å². The first-order valence-corrected chi connectivity index (χ1v) is 15.6. The maximum atomic E-state index is 4.88. The average molecular weight is 660 g/mol. The Morgan fingerprint density at radius 1 is 0.488 bits per heavy atom. The van der Waals surface area contributed by atoms with Crippen molar-refractivity contribution in [3.05, 3.63) is 159 Å². The van der Waals surface area contributed by atoms with Gasteiger partial charge in [0.25, 0.3) is 0 Å². The molecule has 6 aromatic carbocycles. The Bertz CT molecular complexity index is 2430. The Morgan fingerprint density at radius 3 is 1.74 bits per heavy atom. The van der Waals surface area contributed by atoms with Crippen molar-refractivity contribution in [3.63, 3.8) is 0 Å². The van der Waals surface area contributed by atoms with Gasteiger partial charge in [-0.1, -0.05) is 109 Å². The highest BCUT2D eigenvalue weighted by molar-refractivity contribution is 14.1. The van der Waals surface area contributed by atoms with Gasteiger partial charge in [-0.15, -0.1) is 10.2 Å². The molecule has 0 saturated carbocycles. The van der Waals surface area contributed by atoms with Crippen molar-refractivity contribution in [3.8, 4) is 33.6 Å². The first-order valence-electron chi connectivity index (χ1n) is 14.5. The van der Waals surface area contributed by atoms with E-state index in [1.807, 2.05) is 0 Å². The quantitative estimate of drug-likeness (QED) is 0.130. The minimum absolute atomic E-state index is 0.388. The number of halogens is 1. The summed E-state index contributed by atoms with van der Waals surface area (Å²) in [5.41, 5.74) is 13.2. The van der Waals surface area contributed by atoms with Crippen molar-refractivity contribution < 1.29 is 0 Å². The first kappa shape index (κ1) is 23.7. The van der Waals surface area contributed by atoms with Crippen LogP contribution < -0.4 is 0 Å². The summed E-state index contributed by atoms with van der Waals surface area (Å²) in [4.78, 5) is 0. The van der Waals surface area contributed by atoms with Gasteiger partial charge in [0.05, 0.1) is 10.9 Å². The second kappa shape index (κ2) is 8.39. The molecule has 1 spiro atoms. The fraction of sp³-hybridized carbons (Fsp3) is 0.0256. The molecular formula is C39H22IN3. The summed E-state index contributed by atoms with van der Waals surface area (Å²) < 4.78 is 3.46. The number of hydrogen-bond donors (Lipinski definition) is 0. The topological polar surface area (TPSA) is 30.2 Å². The molecule has 0 radical (unpaired) electrons. The summed E-state index contributed by atoms with van der Waals surface area (Å²) in [6.07, 6.45) is 0. The van der Waals surface area contributed by atoms with Crippen LogP contribution in [0, 0.1) is 3.57 Å². The lowest BCUT2D eigenvalue weighted by molar-refractivity contribution is 0.794. The van der Waals surface area contributed by atoms with Crippen molar-refractivity contribution in [2.45, 2.75) is 5.41 Å². The zero-order valence-corrected chi connectivity index (χ0v) is 25.1. The zero-order valence-electron chi connectivity index (χ0n) is 22.9. The highest BCUT2D eigenvalue weighted by Crippen LogP contribution is 2.63. The highest BCUT2D eigenvalue weighted by atomic mass is 127. The van der Waals surface area contributed by atoms with Gasteiger partial charge in [-0.2, -0.15) is 0 Å². The van der Waals surface area contributed by atoms with Crippen LogP contribution in [0.5, 0.6) is 0 Å². The molecule has 43 heavy (non-hydrogen) atoms. The van der Waals surface area contributed by atoms with Crippen LogP contribution in [0.1, 0.15) is 22.3 Å². The minimum atomic E-state index is -0.388. The molecule has 2 heterocycles. The molecule has 0 N–H and O–H groups in total. The van der Waals surface area contributed by atoms with Gasteiger partial charge in [-0.25, -0.2) is 0 Å². The van der Waals surface area contributed by atoms with E-state index in [0.717, 1.165) is 27.9 Å².